The summed E-state index contributed by atoms with van der Waals surface area (Å²) in [4.78, 5) is 24.6. The first kappa shape index (κ1) is 11.6. The second-order valence-corrected chi connectivity index (χ2v) is 5.01. The summed E-state index contributed by atoms with van der Waals surface area (Å²) in [5, 5.41) is 0. The van der Waals surface area contributed by atoms with Crippen LogP contribution in [0.4, 0.5) is 0 Å². The van der Waals surface area contributed by atoms with Crippen molar-refractivity contribution in [2.45, 2.75) is 57.0 Å². The van der Waals surface area contributed by atoms with Crippen LogP contribution in [0.1, 0.15) is 44.9 Å². The molecule has 0 spiro atoms. The number of hydrogen-bond acceptors (Lipinski definition) is 3. The van der Waals surface area contributed by atoms with Gasteiger partial charge in [-0.3, -0.25) is 14.5 Å². The van der Waals surface area contributed by atoms with Gasteiger partial charge in [0.15, 0.2) is 0 Å². The minimum absolute atomic E-state index is 0.267. The highest BCUT2D eigenvalue weighted by atomic mass is 16.1. The monoisotopic (exact) mass is 224 g/mol. The minimum Gasteiger partial charge on any atom is -0.369 e. The zero-order valence-electron chi connectivity index (χ0n) is 9.65. The molecule has 0 aromatic carbocycles. The Labute approximate surface area is 96.2 Å². The number of nitrogens with zero attached hydrogens (tertiary/aromatic N) is 1. The molecule has 90 valence electrons. The van der Waals surface area contributed by atoms with Gasteiger partial charge in [0.25, 0.3) is 0 Å². The van der Waals surface area contributed by atoms with E-state index in [1.807, 2.05) is 0 Å². The van der Waals surface area contributed by atoms with Crippen LogP contribution in [0, 0.1) is 0 Å². The van der Waals surface area contributed by atoms with E-state index in [4.69, 9.17) is 5.73 Å². The molecule has 4 nitrogen and oxygen atoms in total. The quantitative estimate of drug-likeness (QED) is 0.769. The van der Waals surface area contributed by atoms with Gasteiger partial charge in [-0.25, -0.2) is 0 Å². The Morgan fingerprint density at radius 3 is 2.44 bits per heavy atom. The van der Waals surface area contributed by atoms with Gasteiger partial charge >= 0.3 is 0 Å². The fourth-order valence-corrected chi connectivity index (χ4v) is 3.05. The molecular formula is C12H20N2O2. The lowest BCUT2D eigenvalue weighted by Gasteiger charge is -2.32. The summed E-state index contributed by atoms with van der Waals surface area (Å²) >= 11 is 0. The Bertz CT molecular complexity index is 285. The molecule has 2 rings (SSSR count). The summed E-state index contributed by atoms with van der Waals surface area (Å²) in [6, 6.07) is 0.742. The van der Waals surface area contributed by atoms with Crippen LogP contribution >= 0.6 is 0 Å². The van der Waals surface area contributed by atoms with Gasteiger partial charge in [0, 0.05) is 24.9 Å². The van der Waals surface area contributed by atoms with Crippen LogP contribution in [0.3, 0.4) is 0 Å². The number of hydrogen-bond donors (Lipinski definition) is 1. The van der Waals surface area contributed by atoms with E-state index in [0.29, 0.717) is 31.2 Å². The molecule has 0 heterocycles. The Kier molecular flexibility index (Phi) is 3.59. The zero-order valence-corrected chi connectivity index (χ0v) is 9.65. The lowest BCUT2D eigenvalue weighted by atomic mass is 10.1. The molecule has 2 aliphatic carbocycles. The second-order valence-electron chi connectivity index (χ2n) is 5.01. The molecule has 2 aliphatic rings. The van der Waals surface area contributed by atoms with Crippen molar-refractivity contribution in [1.82, 2.24) is 4.90 Å². The molecule has 0 aromatic heterocycles. The molecule has 1 unspecified atom stereocenters. The highest BCUT2D eigenvalue weighted by Crippen LogP contribution is 2.29. The van der Waals surface area contributed by atoms with Crippen LogP contribution in [0.25, 0.3) is 0 Å². The van der Waals surface area contributed by atoms with E-state index in [1.54, 1.807) is 0 Å². The lowest BCUT2D eigenvalue weighted by molar-refractivity contribution is -0.121. The van der Waals surface area contributed by atoms with Crippen molar-refractivity contribution in [2.75, 3.05) is 6.54 Å². The maximum atomic E-state index is 11.3. The first-order valence-corrected chi connectivity index (χ1v) is 6.22. The molecule has 0 aromatic rings. The first-order valence-electron chi connectivity index (χ1n) is 6.22. The second kappa shape index (κ2) is 4.95. The largest absolute Gasteiger partial charge is 0.369 e. The average molecular weight is 224 g/mol. The third-order valence-electron chi connectivity index (χ3n) is 3.82. The Balaban J connectivity index is 2.01. The van der Waals surface area contributed by atoms with E-state index in [9.17, 15) is 9.59 Å². The van der Waals surface area contributed by atoms with E-state index in [0.717, 1.165) is 19.3 Å². The zero-order chi connectivity index (χ0) is 11.5. The van der Waals surface area contributed by atoms with Gasteiger partial charge in [-0.1, -0.05) is 12.8 Å². The smallest absolute Gasteiger partial charge is 0.231 e. The molecule has 0 radical (unpaired) electrons. The molecule has 2 saturated carbocycles. The van der Waals surface area contributed by atoms with E-state index >= 15 is 0 Å². The number of rotatable bonds is 4. The maximum absolute atomic E-state index is 11.3. The maximum Gasteiger partial charge on any atom is 0.231 e. The number of carbonyl (C=O) groups is 2. The molecule has 16 heavy (non-hydrogen) atoms. The number of nitrogens with two attached hydrogens (primary N) is 1. The van der Waals surface area contributed by atoms with Crippen molar-refractivity contribution in [3.8, 4) is 0 Å². The van der Waals surface area contributed by atoms with Crippen LogP contribution < -0.4 is 5.73 Å². The summed E-state index contributed by atoms with van der Waals surface area (Å²) in [5.74, 6) is 0.0590. The molecule has 0 bridgehead atoms. The number of carbonyl (C=O) groups excluding carboxylic acids is 2. The molecule has 1 amide bonds. The van der Waals surface area contributed by atoms with Crippen molar-refractivity contribution in [1.29, 1.82) is 0 Å². The topological polar surface area (TPSA) is 63.4 Å². The summed E-state index contributed by atoms with van der Waals surface area (Å²) in [6.45, 7) is 0.322. The molecule has 0 aliphatic heterocycles. The van der Waals surface area contributed by atoms with Crippen molar-refractivity contribution >= 4 is 11.7 Å². The van der Waals surface area contributed by atoms with Crippen molar-refractivity contribution < 1.29 is 9.59 Å². The van der Waals surface area contributed by atoms with Crippen molar-refractivity contribution in [2.24, 2.45) is 5.73 Å². The van der Waals surface area contributed by atoms with Gasteiger partial charge in [0.1, 0.15) is 5.78 Å². The molecule has 2 fully saturated rings. The molecular weight excluding hydrogens is 204 g/mol. The standard InChI is InChI=1S/C12H20N2O2/c13-12(16)8-14(9-3-1-2-4-9)10-5-6-11(15)7-10/h9-10H,1-8H2,(H2,13,16). The third-order valence-corrected chi connectivity index (χ3v) is 3.82. The van der Waals surface area contributed by atoms with Crippen molar-refractivity contribution in [3.63, 3.8) is 0 Å². The predicted molar refractivity (Wildman–Crippen MR) is 60.8 cm³/mol. The molecule has 2 N–H and O–H groups in total. The normalized spacial score (nSPS) is 26.8. The summed E-state index contributed by atoms with van der Waals surface area (Å²) < 4.78 is 0. The summed E-state index contributed by atoms with van der Waals surface area (Å²) in [6.07, 6.45) is 6.97. The van der Waals surface area contributed by atoms with Crippen molar-refractivity contribution in [3.05, 3.63) is 0 Å². The SMILES string of the molecule is NC(=O)CN(C1CCCC1)C1CCC(=O)C1. The van der Waals surface area contributed by atoms with Gasteiger partial charge in [-0.2, -0.15) is 0 Å². The molecule has 4 heteroatoms. The Hall–Kier alpha value is -0.900. The fourth-order valence-electron chi connectivity index (χ4n) is 3.05. The summed E-state index contributed by atoms with van der Waals surface area (Å²) in [5.41, 5.74) is 5.30. The number of ketones is 1. The molecule has 1 atom stereocenters. The first-order chi connectivity index (χ1) is 7.66. The number of Topliss-reactive ketones (excluding diaryl/α,β-unsaturated/α-hetero) is 1. The van der Waals surface area contributed by atoms with Crippen LogP contribution in [0.2, 0.25) is 0 Å². The predicted octanol–water partition coefficient (Wildman–Crippen LogP) is 0.838. The van der Waals surface area contributed by atoms with Crippen LogP contribution in [-0.2, 0) is 9.59 Å². The van der Waals surface area contributed by atoms with Gasteiger partial charge in [-0.15, -0.1) is 0 Å². The van der Waals surface area contributed by atoms with Crippen LogP contribution in [-0.4, -0.2) is 35.2 Å². The number of amides is 1. The van der Waals surface area contributed by atoms with Gasteiger partial charge < -0.3 is 5.73 Å². The highest BCUT2D eigenvalue weighted by molar-refractivity contribution is 5.81. The minimum atomic E-state index is -0.272. The highest BCUT2D eigenvalue weighted by Gasteiger charge is 2.33. The summed E-state index contributed by atoms with van der Waals surface area (Å²) in [7, 11) is 0. The van der Waals surface area contributed by atoms with Gasteiger partial charge in [0.05, 0.1) is 6.54 Å². The van der Waals surface area contributed by atoms with E-state index in [-0.39, 0.29) is 11.9 Å². The van der Waals surface area contributed by atoms with Gasteiger partial charge in [-0.05, 0) is 19.3 Å². The van der Waals surface area contributed by atoms with Crippen LogP contribution in [0.5, 0.6) is 0 Å². The average Bonchev–Trinajstić information content (AvgIpc) is 2.84. The van der Waals surface area contributed by atoms with E-state index < -0.39 is 0 Å². The molecule has 0 saturated heterocycles. The lowest BCUT2D eigenvalue weighted by Crippen LogP contribution is -2.45. The fraction of sp³-hybridized carbons (Fsp3) is 0.833. The van der Waals surface area contributed by atoms with Crippen LogP contribution in [0.15, 0.2) is 0 Å². The van der Waals surface area contributed by atoms with Gasteiger partial charge in [0.2, 0.25) is 5.91 Å². The Morgan fingerprint density at radius 2 is 1.94 bits per heavy atom. The van der Waals surface area contributed by atoms with E-state index in [2.05, 4.69) is 4.90 Å². The van der Waals surface area contributed by atoms with E-state index in [1.165, 1.54) is 12.8 Å². The Morgan fingerprint density at radius 1 is 1.25 bits per heavy atom. The number of primary amides is 1. The third kappa shape index (κ3) is 2.61.